The predicted molar refractivity (Wildman–Crippen MR) is 83.9 cm³/mol. The molecule has 0 saturated heterocycles. The Hall–Kier alpha value is -1.88. The summed E-state index contributed by atoms with van der Waals surface area (Å²) in [4.78, 5) is 11.3. The Morgan fingerprint density at radius 3 is 2.76 bits per heavy atom. The number of nitrogens with one attached hydrogen (secondary N) is 1. The van der Waals surface area contributed by atoms with E-state index in [1.54, 1.807) is 6.07 Å². The lowest BCUT2D eigenvalue weighted by Crippen LogP contribution is -2.06. The van der Waals surface area contributed by atoms with E-state index >= 15 is 0 Å². The van der Waals surface area contributed by atoms with Crippen LogP contribution in [0.3, 0.4) is 0 Å². The van der Waals surface area contributed by atoms with Gasteiger partial charge in [0.25, 0.3) is 0 Å². The first-order valence-electron chi connectivity index (χ1n) is 6.38. The summed E-state index contributed by atoms with van der Waals surface area (Å²) in [5.41, 5.74) is 2.74. The van der Waals surface area contributed by atoms with Gasteiger partial charge in [-0.1, -0.05) is 18.2 Å². The Kier molecular flexibility index (Phi) is 4.96. The normalized spacial score (nSPS) is 10.3. The van der Waals surface area contributed by atoms with Crippen molar-refractivity contribution in [3.8, 4) is 0 Å². The van der Waals surface area contributed by atoms with E-state index in [0.717, 1.165) is 21.3 Å². The Morgan fingerprint density at radius 1 is 1.33 bits per heavy atom. The van der Waals surface area contributed by atoms with Crippen LogP contribution in [0.2, 0.25) is 0 Å². The first-order valence-corrected chi connectivity index (χ1v) is 7.18. The number of hydrogen-bond acceptors (Lipinski definition) is 3. The van der Waals surface area contributed by atoms with Crippen molar-refractivity contribution >= 4 is 27.6 Å². The number of aryl methyl sites for hydroxylation is 1. The highest BCUT2D eigenvalue weighted by Crippen LogP contribution is 2.26. The molecular weight excluding hydrogens is 337 g/mol. The first kappa shape index (κ1) is 15.5. The third kappa shape index (κ3) is 3.61. The maximum Gasteiger partial charge on any atom is 0.340 e. The van der Waals surface area contributed by atoms with Crippen molar-refractivity contribution in [2.75, 3.05) is 12.4 Å². The van der Waals surface area contributed by atoms with Gasteiger partial charge in [0.05, 0.1) is 12.7 Å². The lowest BCUT2D eigenvalue weighted by molar-refractivity contribution is 0.0595. The summed E-state index contributed by atoms with van der Waals surface area (Å²) in [6, 6.07) is 10.4. The second kappa shape index (κ2) is 6.72. The number of rotatable bonds is 4. The number of esters is 1. The summed E-state index contributed by atoms with van der Waals surface area (Å²) in [6.07, 6.45) is 0. The molecule has 2 aromatic carbocycles. The fourth-order valence-corrected chi connectivity index (χ4v) is 2.33. The molecule has 0 aromatic heterocycles. The van der Waals surface area contributed by atoms with Gasteiger partial charge in [-0.15, -0.1) is 0 Å². The minimum atomic E-state index is -0.673. The molecule has 0 fully saturated rings. The Bertz CT molecular complexity index is 673. The summed E-state index contributed by atoms with van der Waals surface area (Å²) in [5.74, 6) is -1.25. The van der Waals surface area contributed by atoms with Crippen LogP contribution in [0.4, 0.5) is 10.1 Å². The zero-order valence-corrected chi connectivity index (χ0v) is 13.3. The van der Waals surface area contributed by atoms with E-state index < -0.39 is 11.8 Å². The molecule has 2 rings (SSSR count). The average molecular weight is 352 g/mol. The van der Waals surface area contributed by atoms with Gasteiger partial charge in [0.1, 0.15) is 5.82 Å². The van der Waals surface area contributed by atoms with Crippen molar-refractivity contribution in [1.29, 1.82) is 0 Å². The molecule has 0 radical (unpaired) electrons. The van der Waals surface area contributed by atoms with Crippen LogP contribution in [-0.2, 0) is 11.3 Å². The van der Waals surface area contributed by atoms with E-state index in [2.05, 4.69) is 26.0 Å². The van der Waals surface area contributed by atoms with E-state index in [4.69, 9.17) is 0 Å². The minimum Gasteiger partial charge on any atom is -0.465 e. The van der Waals surface area contributed by atoms with Gasteiger partial charge >= 0.3 is 5.97 Å². The highest BCUT2D eigenvalue weighted by atomic mass is 79.9. The highest BCUT2D eigenvalue weighted by Gasteiger charge is 2.12. The summed E-state index contributed by atoms with van der Waals surface area (Å²) >= 11 is 3.51. The number of benzene rings is 2. The minimum absolute atomic E-state index is 0.0574. The van der Waals surface area contributed by atoms with Gasteiger partial charge in [-0.2, -0.15) is 0 Å². The molecule has 1 N–H and O–H groups in total. The number of anilines is 1. The van der Waals surface area contributed by atoms with E-state index in [-0.39, 0.29) is 5.56 Å². The maximum atomic E-state index is 13.8. The van der Waals surface area contributed by atoms with Crippen LogP contribution in [0, 0.1) is 12.7 Å². The van der Waals surface area contributed by atoms with E-state index in [0.29, 0.717) is 6.54 Å². The van der Waals surface area contributed by atoms with Gasteiger partial charge in [-0.05, 0) is 52.2 Å². The molecule has 0 atom stereocenters. The molecule has 0 unspecified atom stereocenters. The zero-order valence-electron chi connectivity index (χ0n) is 11.7. The SMILES string of the molecule is COC(=O)c1ccc(CNc2cccc(C)c2Br)cc1F. The number of carbonyl (C=O) groups is 1. The van der Waals surface area contributed by atoms with Crippen molar-refractivity contribution in [3.63, 3.8) is 0 Å². The van der Waals surface area contributed by atoms with E-state index in [1.807, 2.05) is 25.1 Å². The van der Waals surface area contributed by atoms with Crippen LogP contribution in [0.15, 0.2) is 40.9 Å². The Balaban J connectivity index is 2.12. The molecule has 0 amide bonds. The summed E-state index contributed by atoms with van der Waals surface area (Å²) in [7, 11) is 1.23. The number of hydrogen-bond donors (Lipinski definition) is 1. The molecule has 0 heterocycles. The molecule has 5 heteroatoms. The van der Waals surface area contributed by atoms with Crippen LogP contribution in [0.1, 0.15) is 21.5 Å². The summed E-state index contributed by atoms with van der Waals surface area (Å²) < 4.78 is 19.3. The van der Waals surface area contributed by atoms with Gasteiger partial charge < -0.3 is 10.1 Å². The standard InChI is InChI=1S/C16H15BrFNO2/c1-10-4-3-5-14(15(10)17)19-9-11-6-7-12(13(18)8-11)16(20)21-2/h3-8,19H,9H2,1-2H3. The fourth-order valence-electron chi connectivity index (χ4n) is 1.93. The molecule has 21 heavy (non-hydrogen) atoms. The summed E-state index contributed by atoms with van der Waals surface area (Å²) in [6.45, 7) is 2.46. The van der Waals surface area contributed by atoms with E-state index in [1.165, 1.54) is 19.2 Å². The topological polar surface area (TPSA) is 38.3 Å². The fraction of sp³-hybridized carbons (Fsp3) is 0.188. The van der Waals surface area contributed by atoms with Crippen LogP contribution >= 0.6 is 15.9 Å². The van der Waals surface area contributed by atoms with Gasteiger partial charge in [-0.25, -0.2) is 9.18 Å². The molecular formula is C16H15BrFNO2. The predicted octanol–water partition coefficient (Wildman–Crippen LogP) is 4.30. The third-order valence-corrected chi connectivity index (χ3v) is 4.17. The van der Waals surface area contributed by atoms with Crippen molar-refractivity contribution in [2.45, 2.75) is 13.5 Å². The Morgan fingerprint density at radius 2 is 2.10 bits per heavy atom. The number of ether oxygens (including phenoxy) is 1. The second-order valence-corrected chi connectivity index (χ2v) is 5.39. The molecule has 0 spiro atoms. The molecule has 0 aliphatic heterocycles. The van der Waals surface area contributed by atoms with Crippen LogP contribution in [0.25, 0.3) is 0 Å². The first-order chi connectivity index (χ1) is 10.0. The van der Waals surface area contributed by atoms with Crippen LogP contribution < -0.4 is 5.32 Å². The Labute approximate surface area is 131 Å². The second-order valence-electron chi connectivity index (χ2n) is 4.60. The lowest BCUT2D eigenvalue weighted by atomic mass is 10.1. The van der Waals surface area contributed by atoms with Crippen molar-refractivity contribution in [1.82, 2.24) is 0 Å². The van der Waals surface area contributed by atoms with Crippen LogP contribution in [0.5, 0.6) is 0 Å². The highest BCUT2D eigenvalue weighted by molar-refractivity contribution is 9.10. The number of halogens is 2. The zero-order chi connectivity index (χ0) is 15.4. The third-order valence-electron chi connectivity index (χ3n) is 3.11. The van der Waals surface area contributed by atoms with E-state index in [9.17, 15) is 9.18 Å². The van der Waals surface area contributed by atoms with Crippen LogP contribution in [-0.4, -0.2) is 13.1 Å². The smallest absolute Gasteiger partial charge is 0.340 e. The molecule has 110 valence electrons. The lowest BCUT2D eigenvalue weighted by Gasteiger charge is -2.11. The quantitative estimate of drug-likeness (QED) is 0.834. The summed E-state index contributed by atoms with van der Waals surface area (Å²) in [5, 5.41) is 3.23. The van der Waals surface area contributed by atoms with Gasteiger partial charge in [0, 0.05) is 16.7 Å². The molecule has 0 saturated carbocycles. The molecule has 3 nitrogen and oxygen atoms in total. The number of methoxy groups -OCH3 is 1. The monoisotopic (exact) mass is 351 g/mol. The molecule has 0 aliphatic carbocycles. The molecule has 0 bridgehead atoms. The van der Waals surface area contributed by atoms with Crippen molar-refractivity contribution in [2.24, 2.45) is 0 Å². The van der Waals surface area contributed by atoms with Crippen molar-refractivity contribution in [3.05, 3.63) is 63.4 Å². The van der Waals surface area contributed by atoms with Gasteiger partial charge in [-0.3, -0.25) is 0 Å². The van der Waals surface area contributed by atoms with Gasteiger partial charge in [0.2, 0.25) is 0 Å². The number of carbonyl (C=O) groups excluding carboxylic acids is 1. The van der Waals surface area contributed by atoms with Gasteiger partial charge in [0.15, 0.2) is 0 Å². The maximum absolute atomic E-state index is 13.8. The largest absolute Gasteiger partial charge is 0.465 e. The molecule has 0 aliphatic rings. The molecule has 2 aromatic rings. The van der Waals surface area contributed by atoms with Crippen molar-refractivity contribution < 1.29 is 13.9 Å². The average Bonchev–Trinajstić information content (AvgIpc) is 2.48.